The van der Waals surface area contributed by atoms with Gasteiger partial charge in [-0.05, 0) is 32.1 Å². The fraction of sp³-hybridized carbons (Fsp3) is 0.467. The Kier molecular flexibility index (Phi) is 6.88. The molecule has 130 valence electrons. The molecule has 0 spiro atoms. The number of H-pyrrole nitrogens is 1. The predicted octanol–water partition coefficient (Wildman–Crippen LogP) is 3.75. The Balaban J connectivity index is 2.06. The van der Waals surface area contributed by atoms with Crippen molar-refractivity contribution in [3.05, 3.63) is 22.5 Å². The van der Waals surface area contributed by atoms with Crippen molar-refractivity contribution >= 4 is 46.6 Å². The van der Waals surface area contributed by atoms with Crippen LogP contribution in [0.25, 0.3) is 0 Å². The fourth-order valence-electron chi connectivity index (χ4n) is 2.18. The van der Waals surface area contributed by atoms with E-state index >= 15 is 0 Å². The number of nitrogens with zero attached hydrogens (tertiary/aromatic N) is 2. The summed E-state index contributed by atoms with van der Waals surface area (Å²) in [4.78, 5) is 27.5. The quantitative estimate of drug-likeness (QED) is 0.421. The number of carbonyl (C=O) groups is 2. The number of ether oxygens (including phenoxy) is 1. The van der Waals surface area contributed by atoms with Gasteiger partial charge in [0.1, 0.15) is 0 Å². The normalized spacial score (nSPS) is 10.8. The summed E-state index contributed by atoms with van der Waals surface area (Å²) in [6.45, 7) is 7.64. The second-order valence-electron chi connectivity index (χ2n) is 4.82. The van der Waals surface area contributed by atoms with Gasteiger partial charge in [-0.15, -0.1) is 10.2 Å². The first-order valence-electron chi connectivity index (χ1n) is 7.46. The highest BCUT2D eigenvalue weighted by Gasteiger charge is 2.23. The molecule has 0 aliphatic carbocycles. The molecule has 24 heavy (non-hydrogen) atoms. The van der Waals surface area contributed by atoms with Crippen molar-refractivity contribution in [3.8, 4) is 0 Å². The number of carbonyl (C=O) groups excluding carboxylic acids is 2. The molecule has 0 aliphatic heterocycles. The molecule has 1 N–H and O–H groups in total. The van der Waals surface area contributed by atoms with Gasteiger partial charge >= 0.3 is 5.97 Å². The Morgan fingerprint density at radius 1 is 1.17 bits per heavy atom. The van der Waals surface area contributed by atoms with E-state index in [2.05, 4.69) is 22.1 Å². The van der Waals surface area contributed by atoms with Crippen molar-refractivity contribution in [2.24, 2.45) is 0 Å². The van der Waals surface area contributed by atoms with Crippen LogP contribution in [0.4, 0.5) is 0 Å². The minimum Gasteiger partial charge on any atom is -0.462 e. The van der Waals surface area contributed by atoms with Gasteiger partial charge in [0.25, 0.3) is 0 Å². The number of aryl methyl sites for hydroxylation is 1. The summed E-state index contributed by atoms with van der Waals surface area (Å²) in [5.41, 5.74) is 2.19. The van der Waals surface area contributed by atoms with E-state index < -0.39 is 5.97 Å². The maximum absolute atomic E-state index is 12.5. The molecule has 0 amide bonds. The monoisotopic (exact) mass is 385 g/mol. The Hall–Kier alpha value is -1.32. The lowest BCUT2D eigenvalue weighted by Crippen LogP contribution is -2.08. The first-order chi connectivity index (χ1) is 11.5. The largest absolute Gasteiger partial charge is 0.462 e. The van der Waals surface area contributed by atoms with Crippen LogP contribution in [0, 0.1) is 13.8 Å². The smallest absolute Gasteiger partial charge is 0.340 e. The van der Waals surface area contributed by atoms with Gasteiger partial charge in [-0.25, -0.2) is 4.79 Å². The van der Waals surface area contributed by atoms with Crippen LogP contribution in [0.5, 0.6) is 0 Å². The summed E-state index contributed by atoms with van der Waals surface area (Å²) in [6, 6.07) is 0. The van der Waals surface area contributed by atoms with E-state index in [1.165, 1.54) is 23.1 Å². The summed E-state index contributed by atoms with van der Waals surface area (Å²) in [6.07, 6.45) is 0. The number of rotatable bonds is 8. The van der Waals surface area contributed by atoms with Crippen LogP contribution in [0.1, 0.15) is 46.0 Å². The van der Waals surface area contributed by atoms with Gasteiger partial charge in [0.15, 0.2) is 14.5 Å². The summed E-state index contributed by atoms with van der Waals surface area (Å²) < 4.78 is 6.72. The number of aromatic amines is 1. The molecular formula is C15H19N3O3S3. The summed E-state index contributed by atoms with van der Waals surface area (Å²) >= 11 is 4.48. The van der Waals surface area contributed by atoms with Gasteiger partial charge in [-0.3, -0.25) is 4.79 Å². The van der Waals surface area contributed by atoms with Crippen LogP contribution in [0.3, 0.4) is 0 Å². The van der Waals surface area contributed by atoms with E-state index in [9.17, 15) is 9.59 Å². The molecule has 0 unspecified atom stereocenters. The minimum atomic E-state index is -0.402. The molecule has 6 nitrogen and oxygen atoms in total. The number of Topliss-reactive ketones (excluding diaryl/α,β-unsaturated/α-hetero) is 1. The molecule has 0 saturated carbocycles. The van der Waals surface area contributed by atoms with E-state index in [1.54, 1.807) is 32.5 Å². The van der Waals surface area contributed by atoms with Crippen molar-refractivity contribution in [2.75, 3.05) is 18.1 Å². The van der Waals surface area contributed by atoms with Crippen LogP contribution in [0.15, 0.2) is 8.68 Å². The van der Waals surface area contributed by atoms with E-state index in [4.69, 9.17) is 4.74 Å². The van der Waals surface area contributed by atoms with Gasteiger partial charge < -0.3 is 9.72 Å². The third-order valence-corrected chi connectivity index (χ3v) is 6.25. The van der Waals surface area contributed by atoms with Crippen molar-refractivity contribution in [1.82, 2.24) is 15.2 Å². The Labute approximate surface area is 153 Å². The Morgan fingerprint density at radius 3 is 2.46 bits per heavy atom. The molecule has 0 aliphatic rings. The lowest BCUT2D eigenvalue weighted by molar-refractivity contribution is 0.0525. The van der Waals surface area contributed by atoms with Gasteiger partial charge in [0, 0.05) is 5.69 Å². The molecule has 0 saturated heterocycles. The molecular weight excluding hydrogens is 366 g/mol. The second kappa shape index (κ2) is 8.68. The lowest BCUT2D eigenvalue weighted by atomic mass is 10.1. The van der Waals surface area contributed by atoms with Crippen LogP contribution >= 0.6 is 34.9 Å². The van der Waals surface area contributed by atoms with Gasteiger partial charge in [-0.1, -0.05) is 41.8 Å². The van der Waals surface area contributed by atoms with Gasteiger partial charge in [0.05, 0.1) is 23.6 Å². The van der Waals surface area contributed by atoms with Crippen molar-refractivity contribution < 1.29 is 14.3 Å². The molecule has 2 aromatic rings. The molecule has 0 radical (unpaired) electrons. The zero-order chi connectivity index (χ0) is 17.7. The standard InChI is InChI=1S/C15H19N3O3S3/c1-5-21-13(20)11-8(3)12(16-9(11)4)10(19)7-23-15-18-17-14(24-15)22-6-2/h16H,5-7H2,1-4H3. The first kappa shape index (κ1) is 19.0. The molecule has 0 fully saturated rings. The van der Waals surface area contributed by atoms with Crippen LogP contribution in [-0.4, -0.2) is 45.0 Å². The number of aromatic nitrogens is 3. The molecule has 9 heteroatoms. The average Bonchev–Trinajstić information content (AvgIpc) is 3.10. The number of hydrogen-bond donors (Lipinski definition) is 1. The molecule has 0 bridgehead atoms. The average molecular weight is 386 g/mol. The third kappa shape index (κ3) is 4.40. The lowest BCUT2D eigenvalue weighted by Gasteiger charge is -2.02. The Morgan fingerprint density at radius 2 is 1.83 bits per heavy atom. The van der Waals surface area contributed by atoms with Gasteiger partial charge in [-0.2, -0.15) is 0 Å². The van der Waals surface area contributed by atoms with E-state index in [0.717, 1.165) is 14.4 Å². The molecule has 2 heterocycles. The highest BCUT2D eigenvalue weighted by molar-refractivity contribution is 8.03. The van der Waals surface area contributed by atoms with Crippen molar-refractivity contribution in [3.63, 3.8) is 0 Å². The summed E-state index contributed by atoms with van der Waals surface area (Å²) in [5, 5.41) is 8.14. The number of nitrogens with one attached hydrogen (secondary N) is 1. The zero-order valence-corrected chi connectivity index (χ0v) is 16.4. The molecule has 0 atom stereocenters. The zero-order valence-electron chi connectivity index (χ0n) is 14.0. The van der Waals surface area contributed by atoms with E-state index in [1.807, 2.05) is 0 Å². The second-order valence-corrected chi connectivity index (χ2v) is 8.54. The maximum atomic E-state index is 12.5. The number of thioether (sulfide) groups is 2. The van der Waals surface area contributed by atoms with Crippen molar-refractivity contribution in [1.29, 1.82) is 0 Å². The predicted molar refractivity (Wildman–Crippen MR) is 97.6 cm³/mol. The fourth-order valence-corrected chi connectivity index (χ4v) is 4.96. The molecule has 2 rings (SSSR count). The van der Waals surface area contributed by atoms with E-state index in [-0.39, 0.29) is 11.5 Å². The summed E-state index contributed by atoms with van der Waals surface area (Å²) in [7, 11) is 0. The number of hydrogen-bond acceptors (Lipinski definition) is 8. The molecule has 0 aromatic carbocycles. The van der Waals surface area contributed by atoms with E-state index in [0.29, 0.717) is 29.1 Å². The maximum Gasteiger partial charge on any atom is 0.340 e. The van der Waals surface area contributed by atoms with Crippen LogP contribution < -0.4 is 0 Å². The van der Waals surface area contributed by atoms with Crippen LogP contribution in [0.2, 0.25) is 0 Å². The Bertz CT molecular complexity index is 740. The third-order valence-electron chi connectivity index (χ3n) is 3.18. The molecule has 2 aromatic heterocycles. The summed E-state index contributed by atoms with van der Waals surface area (Å²) in [5.74, 6) is 0.710. The van der Waals surface area contributed by atoms with Crippen molar-refractivity contribution in [2.45, 2.75) is 36.4 Å². The van der Waals surface area contributed by atoms with Crippen LogP contribution in [-0.2, 0) is 4.74 Å². The highest BCUT2D eigenvalue weighted by atomic mass is 32.2. The van der Waals surface area contributed by atoms with Gasteiger partial charge in [0.2, 0.25) is 0 Å². The SMILES string of the molecule is CCOC(=O)c1c(C)[nH]c(C(=O)CSc2nnc(SCC)s2)c1C. The topological polar surface area (TPSA) is 84.9 Å². The highest BCUT2D eigenvalue weighted by Crippen LogP contribution is 2.29. The minimum absolute atomic E-state index is 0.0731. The first-order valence-corrected chi connectivity index (χ1v) is 10.2. The number of ketones is 1. The number of esters is 1.